The Balaban J connectivity index is 1.92. The third-order valence-electron chi connectivity index (χ3n) is 2.60. The highest BCUT2D eigenvalue weighted by atomic mass is 19.1. The van der Waals surface area contributed by atoms with Crippen molar-refractivity contribution in [1.82, 2.24) is 10.3 Å². The van der Waals surface area contributed by atoms with Crippen LogP contribution in [0.5, 0.6) is 0 Å². The lowest BCUT2D eigenvalue weighted by Gasteiger charge is -2.06. The van der Waals surface area contributed by atoms with Gasteiger partial charge in [0.05, 0.1) is 5.69 Å². The Labute approximate surface area is 105 Å². The van der Waals surface area contributed by atoms with Gasteiger partial charge >= 0.3 is 0 Å². The van der Waals surface area contributed by atoms with E-state index in [-0.39, 0.29) is 6.54 Å². The molecule has 0 aliphatic heterocycles. The number of benzene rings is 1. The standard InChI is InChI=1S/C14H14F2N2/c1-10-2-4-13(18-7-10)9-17-8-11-6-12(15)3-5-14(11)16/h2-7,17H,8-9H2,1H3. The molecular formula is C14H14F2N2. The fraction of sp³-hybridized carbons (Fsp3) is 0.214. The molecule has 0 aliphatic carbocycles. The Morgan fingerprint density at radius 2 is 1.94 bits per heavy atom. The van der Waals surface area contributed by atoms with Crippen LogP contribution >= 0.6 is 0 Å². The van der Waals surface area contributed by atoms with Crippen LogP contribution in [0.3, 0.4) is 0 Å². The monoisotopic (exact) mass is 248 g/mol. The van der Waals surface area contributed by atoms with Crippen LogP contribution in [0.4, 0.5) is 8.78 Å². The minimum absolute atomic E-state index is 0.277. The fourth-order valence-corrected chi connectivity index (χ4v) is 1.61. The first-order chi connectivity index (χ1) is 8.65. The first kappa shape index (κ1) is 12.6. The highest BCUT2D eigenvalue weighted by Crippen LogP contribution is 2.09. The summed E-state index contributed by atoms with van der Waals surface area (Å²) in [5, 5.41) is 3.04. The van der Waals surface area contributed by atoms with Crippen molar-refractivity contribution in [2.45, 2.75) is 20.0 Å². The molecule has 0 saturated heterocycles. The smallest absolute Gasteiger partial charge is 0.127 e. The summed E-state index contributed by atoms with van der Waals surface area (Å²) in [7, 11) is 0. The molecule has 1 N–H and O–H groups in total. The van der Waals surface area contributed by atoms with Crippen LogP contribution in [0, 0.1) is 18.6 Å². The molecule has 1 heterocycles. The molecule has 1 aromatic carbocycles. The van der Waals surface area contributed by atoms with E-state index in [1.165, 1.54) is 6.07 Å². The Morgan fingerprint density at radius 1 is 1.11 bits per heavy atom. The molecule has 0 aliphatic rings. The van der Waals surface area contributed by atoms with Crippen LogP contribution in [-0.2, 0) is 13.1 Å². The molecule has 0 radical (unpaired) electrons. The minimum Gasteiger partial charge on any atom is -0.307 e. The Kier molecular flexibility index (Phi) is 3.99. The molecule has 94 valence electrons. The predicted molar refractivity (Wildman–Crippen MR) is 65.9 cm³/mol. The number of hydrogen-bond acceptors (Lipinski definition) is 2. The molecule has 0 atom stereocenters. The summed E-state index contributed by atoms with van der Waals surface area (Å²) in [6.07, 6.45) is 1.78. The number of pyridine rings is 1. The van der Waals surface area contributed by atoms with Gasteiger partial charge in [-0.25, -0.2) is 8.78 Å². The Hall–Kier alpha value is -1.81. The van der Waals surface area contributed by atoms with Crippen LogP contribution in [0.1, 0.15) is 16.8 Å². The Bertz CT molecular complexity index is 524. The van der Waals surface area contributed by atoms with Crippen LogP contribution in [-0.4, -0.2) is 4.98 Å². The van der Waals surface area contributed by atoms with Gasteiger partial charge in [-0.15, -0.1) is 0 Å². The zero-order valence-corrected chi connectivity index (χ0v) is 10.1. The average molecular weight is 248 g/mol. The van der Waals surface area contributed by atoms with Gasteiger partial charge in [0.15, 0.2) is 0 Å². The summed E-state index contributed by atoms with van der Waals surface area (Å²) < 4.78 is 26.3. The maximum Gasteiger partial charge on any atom is 0.127 e. The first-order valence-electron chi connectivity index (χ1n) is 5.71. The predicted octanol–water partition coefficient (Wildman–Crippen LogP) is 2.96. The van der Waals surface area contributed by atoms with Gasteiger partial charge in [-0.2, -0.15) is 0 Å². The lowest BCUT2D eigenvalue weighted by Crippen LogP contribution is -2.14. The summed E-state index contributed by atoms with van der Waals surface area (Å²) in [4.78, 5) is 4.22. The SMILES string of the molecule is Cc1ccc(CNCc2cc(F)ccc2F)nc1. The molecule has 4 heteroatoms. The topological polar surface area (TPSA) is 24.9 Å². The van der Waals surface area contributed by atoms with E-state index in [9.17, 15) is 8.78 Å². The molecule has 0 saturated carbocycles. The number of hydrogen-bond donors (Lipinski definition) is 1. The van der Waals surface area contributed by atoms with Gasteiger partial charge in [-0.05, 0) is 36.8 Å². The van der Waals surface area contributed by atoms with E-state index in [4.69, 9.17) is 0 Å². The van der Waals surface area contributed by atoms with Crippen molar-refractivity contribution >= 4 is 0 Å². The van der Waals surface area contributed by atoms with Crippen molar-refractivity contribution in [3.63, 3.8) is 0 Å². The number of halogens is 2. The molecule has 0 unspecified atom stereocenters. The normalized spacial score (nSPS) is 10.6. The summed E-state index contributed by atoms with van der Waals surface area (Å²) in [5.74, 6) is -0.831. The largest absolute Gasteiger partial charge is 0.307 e. The zero-order chi connectivity index (χ0) is 13.0. The second kappa shape index (κ2) is 5.69. The quantitative estimate of drug-likeness (QED) is 0.899. The second-order valence-corrected chi connectivity index (χ2v) is 4.17. The molecule has 0 fully saturated rings. The molecule has 2 nitrogen and oxygen atoms in total. The maximum absolute atomic E-state index is 13.3. The fourth-order valence-electron chi connectivity index (χ4n) is 1.61. The van der Waals surface area contributed by atoms with E-state index < -0.39 is 11.6 Å². The van der Waals surface area contributed by atoms with Crippen molar-refractivity contribution in [3.05, 3.63) is 65.0 Å². The van der Waals surface area contributed by atoms with Gasteiger partial charge in [0.1, 0.15) is 11.6 Å². The lowest BCUT2D eigenvalue weighted by atomic mass is 10.2. The number of aromatic nitrogens is 1. The van der Waals surface area contributed by atoms with E-state index in [2.05, 4.69) is 10.3 Å². The van der Waals surface area contributed by atoms with Crippen molar-refractivity contribution in [2.24, 2.45) is 0 Å². The molecule has 18 heavy (non-hydrogen) atoms. The molecule has 1 aromatic heterocycles. The van der Waals surface area contributed by atoms with Gasteiger partial charge in [0.2, 0.25) is 0 Å². The molecular weight excluding hydrogens is 234 g/mol. The second-order valence-electron chi connectivity index (χ2n) is 4.17. The van der Waals surface area contributed by atoms with E-state index in [0.717, 1.165) is 23.4 Å². The summed E-state index contributed by atoms with van der Waals surface area (Å²) in [6.45, 7) is 2.77. The lowest BCUT2D eigenvalue weighted by molar-refractivity contribution is 0.567. The van der Waals surface area contributed by atoms with Crippen molar-refractivity contribution in [1.29, 1.82) is 0 Å². The van der Waals surface area contributed by atoms with E-state index in [1.807, 2.05) is 19.1 Å². The zero-order valence-electron chi connectivity index (χ0n) is 10.1. The van der Waals surface area contributed by atoms with Crippen LogP contribution < -0.4 is 5.32 Å². The molecule has 2 rings (SSSR count). The molecule has 0 amide bonds. The van der Waals surface area contributed by atoms with Gasteiger partial charge in [-0.1, -0.05) is 6.07 Å². The van der Waals surface area contributed by atoms with Crippen molar-refractivity contribution < 1.29 is 8.78 Å². The van der Waals surface area contributed by atoms with E-state index in [1.54, 1.807) is 6.20 Å². The molecule has 0 bridgehead atoms. The number of aryl methyl sites for hydroxylation is 1. The van der Waals surface area contributed by atoms with Gasteiger partial charge in [0.25, 0.3) is 0 Å². The van der Waals surface area contributed by atoms with Crippen LogP contribution in [0.15, 0.2) is 36.5 Å². The minimum atomic E-state index is -0.429. The molecule has 2 aromatic rings. The number of rotatable bonds is 4. The highest BCUT2D eigenvalue weighted by molar-refractivity contribution is 5.18. The summed E-state index contributed by atoms with van der Waals surface area (Å²) in [6, 6.07) is 7.32. The highest BCUT2D eigenvalue weighted by Gasteiger charge is 2.03. The van der Waals surface area contributed by atoms with E-state index in [0.29, 0.717) is 12.1 Å². The van der Waals surface area contributed by atoms with Crippen molar-refractivity contribution in [2.75, 3.05) is 0 Å². The average Bonchev–Trinajstić information content (AvgIpc) is 2.36. The van der Waals surface area contributed by atoms with Gasteiger partial charge in [0, 0.05) is 24.8 Å². The van der Waals surface area contributed by atoms with Crippen LogP contribution in [0.2, 0.25) is 0 Å². The molecule has 0 spiro atoms. The van der Waals surface area contributed by atoms with E-state index >= 15 is 0 Å². The number of nitrogens with zero attached hydrogens (tertiary/aromatic N) is 1. The third-order valence-corrected chi connectivity index (χ3v) is 2.60. The summed E-state index contributed by atoms with van der Waals surface area (Å²) >= 11 is 0. The number of nitrogens with one attached hydrogen (secondary N) is 1. The van der Waals surface area contributed by atoms with Gasteiger partial charge in [-0.3, -0.25) is 4.98 Å². The van der Waals surface area contributed by atoms with Crippen molar-refractivity contribution in [3.8, 4) is 0 Å². The van der Waals surface area contributed by atoms with Gasteiger partial charge < -0.3 is 5.32 Å². The Morgan fingerprint density at radius 3 is 2.67 bits per heavy atom. The maximum atomic E-state index is 13.3. The third kappa shape index (κ3) is 3.34. The first-order valence-corrected chi connectivity index (χ1v) is 5.71. The van der Waals surface area contributed by atoms with Crippen LogP contribution in [0.25, 0.3) is 0 Å². The summed E-state index contributed by atoms with van der Waals surface area (Å²) in [5.41, 5.74) is 2.29.